The van der Waals surface area contributed by atoms with E-state index in [2.05, 4.69) is 15.5 Å². The second kappa shape index (κ2) is 6.15. The number of hydrogen-bond acceptors (Lipinski definition) is 5. The molecule has 2 aromatic rings. The van der Waals surface area contributed by atoms with E-state index in [1.807, 2.05) is 24.3 Å². The summed E-state index contributed by atoms with van der Waals surface area (Å²) < 4.78 is 0. The van der Waals surface area contributed by atoms with Gasteiger partial charge in [0.25, 0.3) is 5.91 Å². The number of carbonyl (C=O) groups excluding carboxylic acids is 1. The predicted octanol–water partition coefficient (Wildman–Crippen LogP) is 1.99. The van der Waals surface area contributed by atoms with Crippen LogP contribution in [0.4, 0.5) is 16.4 Å². The van der Waals surface area contributed by atoms with Gasteiger partial charge in [-0.2, -0.15) is 0 Å². The van der Waals surface area contributed by atoms with Crippen molar-refractivity contribution in [3.8, 4) is 0 Å². The lowest BCUT2D eigenvalue weighted by Gasteiger charge is -2.27. The standard InChI is InChI=1S/C15H18N4OS/c16-11-3-1-2-4-12(11)18-15(20)13-5-6-14(21-13)19-9-7-17-8-10-19/h1-6,17H,7-10,16H2,(H,18,20). The van der Waals surface area contributed by atoms with E-state index in [1.165, 1.54) is 11.3 Å². The van der Waals surface area contributed by atoms with Crippen LogP contribution in [-0.4, -0.2) is 32.1 Å². The highest BCUT2D eigenvalue weighted by molar-refractivity contribution is 7.18. The molecule has 5 nitrogen and oxygen atoms in total. The van der Waals surface area contributed by atoms with Gasteiger partial charge in [-0.1, -0.05) is 12.1 Å². The van der Waals surface area contributed by atoms with Crippen molar-refractivity contribution in [2.75, 3.05) is 42.1 Å². The summed E-state index contributed by atoms with van der Waals surface area (Å²) >= 11 is 1.52. The molecule has 1 aliphatic heterocycles. The second-order valence-corrected chi connectivity index (χ2v) is 5.98. The molecule has 1 saturated heterocycles. The minimum Gasteiger partial charge on any atom is -0.397 e. The first-order valence-corrected chi connectivity index (χ1v) is 7.77. The molecule has 0 bridgehead atoms. The Hall–Kier alpha value is -2.05. The number of thiophene rings is 1. The maximum Gasteiger partial charge on any atom is 0.265 e. The lowest BCUT2D eigenvalue weighted by molar-refractivity contribution is 0.103. The maximum atomic E-state index is 12.3. The highest BCUT2D eigenvalue weighted by atomic mass is 32.1. The Morgan fingerprint density at radius 1 is 1.19 bits per heavy atom. The van der Waals surface area contributed by atoms with Crippen molar-refractivity contribution in [1.29, 1.82) is 0 Å². The fourth-order valence-electron chi connectivity index (χ4n) is 2.30. The summed E-state index contributed by atoms with van der Waals surface area (Å²) in [5.41, 5.74) is 7.07. The number of nitrogens with two attached hydrogens (primary N) is 1. The molecule has 1 fully saturated rings. The quantitative estimate of drug-likeness (QED) is 0.758. The van der Waals surface area contributed by atoms with Crippen LogP contribution < -0.4 is 21.3 Å². The van der Waals surface area contributed by atoms with Crippen LogP contribution in [0.25, 0.3) is 0 Å². The zero-order valence-electron chi connectivity index (χ0n) is 11.6. The highest BCUT2D eigenvalue weighted by Crippen LogP contribution is 2.27. The topological polar surface area (TPSA) is 70.4 Å². The van der Waals surface area contributed by atoms with Crippen LogP contribution in [0.5, 0.6) is 0 Å². The fourth-order valence-corrected chi connectivity index (χ4v) is 3.25. The van der Waals surface area contributed by atoms with Gasteiger partial charge in [-0.05, 0) is 24.3 Å². The molecule has 1 aromatic heterocycles. The molecular formula is C15H18N4OS. The molecule has 1 amide bonds. The molecule has 0 saturated carbocycles. The third-order valence-corrected chi connectivity index (χ3v) is 4.60. The van der Waals surface area contributed by atoms with E-state index in [0.717, 1.165) is 31.2 Å². The maximum absolute atomic E-state index is 12.3. The Bertz CT molecular complexity index is 634. The highest BCUT2D eigenvalue weighted by Gasteiger charge is 2.16. The number of nitrogen functional groups attached to an aromatic ring is 1. The summed E-state index contributed by atoms with van der Waals surface area (Å²) in [7, 11) is 0. The summed E-state index contributed by atoms with van der Waals surface area (Å²) in [5, 5.41) is 7.32. The van der Waals surface area contributed by atoms with E-state index in [4.69, 9.17) is 5.73 Å². The first-order chi connectivity index (χ1) is 10.2. The van der Waals surface area contributed by atoms with Crippen LogP contribution in [0.3, 0.4) is 0 Å². The largest absolute Gasteiger partial charge is 0.397 e. The average Bonchev–Trinajstić information content (AvgIpc) is 3.00. The minimum atomic E-state index is -0.112. The molecule has 0 unspecified atom stereocenters. The van der Waals surface area contributed by atoms with Gasteiger partial charge in [0.05, 0.1) is 21.3 Å². The van der Waals surface area contributed by atoms with Crippen LogP contribution in [0, 0.1) is 0 Å². The predicted molar refractivity (Wildman–Crippen MR) is 88.2 cm³/mol. The number of nitrogens with one attached hydrogen (secondary N) is 2. The van der Waals surface area contributed by atoms with Gasteiger partial charge in [-0.3, -0.25) is 4.79 Å². The molecule has 0 atom stereocenters. The van der Waals surface area contributed by atoms with E-state index in [1.54, 1.807) is 12.1 Å². The van der Waals surface area contributed by atoms with Crippen molar-refractivity contribution in [3.63, 3.8) is 0 Å². The number of hydrogen-bond donors (Lipinski definition) is 3. The number of para-hydroxylation sites is 2. The van der Waals surface area contributed by atoms with Gasteiger partial charge >= 0.3 is 0 Å². The Morgan fingerprint density at radius 3 is 2.71 bits per heavy atom. The van der Waals surface area contributed by atoms with E-state index in [-0.39, 0.29) is 5.91 Å². The van der Waals surface area contributed by atoms with Gasteiger partial charge in [-0.25, -0.2) is 0 Å². The zero-order chi connectivity index (χ0) is 14.7. The number of amides is 1. The Kier molecular flexibility index (Phi) is 4.08. The summed E-state index contributed by atoms with van der Waals surface area (Å²) in [6, 6.07) is 11.2. The van der Waals surface area contributed by atoms with Crippen molar-refractivity contribution in [1.82, 2.24) is 5.32 Å². The van der Waals surface area contributed by atoms with Crippen LogP contribution >= 0.6 is 11.3 Å². The molecule has 1 aliphatic rings. The van der Waals surface area contributed by atoms with Crippen molar-refractivity contribution in [2.24, 2.45) is 0 Å². The monoisotopic (exact) mass is 302 g/mol. The van der Waals surface area contributed by atoms with Crippen LogP contribution in [-0.2, 0) is 0 Å². The van der Waals surface area contributed by atoms with E-state index in [9.17, 15) is 4.79 Å². The minimum absolute atomic E-state index is 0.112. The Morgan fingerprint density at radius 2 is 1.95 bits per heavy atom. The van der Waals surface area contributed by atoms with Crippen LogP contribution in [0.2, 0.25) is 0 Å². The van der Waals surface area contributed by atoms with Crippen LogP contribution in [0.15, 0.2) is 36.4 Å². The number of carbonyl (C=O) groups is 1. The number of rotatable bonds is 3. The third-order valence-electron chi connectivity index (χ3n) is 3.45. The SMILES string of the molecule is Nc1ccccc1NC(=O)c1ccc(N2CCNCC2)s1. The molecule has 0 aliphatic carbocycles. The smallest absolute Gasteiger partial charge is 0.265 e. The van der Waals surface area contributed by atoms with Gasteiger partial charge in [0.1, 0.15) is 0 Å². The van der Waals surface area contributed by atoms with E-state index in [0.29, 0.717) is 16.3 Å². The second-order valence-electron chi connectivity index (χ2n) is 4.92. The third kappa shape index (κ3) is 3.17. The summed E-state index contributed by atoms with van der Waals surface area (Å²) in [6.45, 7) is 3.93. The van der Waals surface area contributed by atoms with Gasteiger partial charge in [0.15, 0.2) is 0 Å². The summed E-state index contributed by atoms with van der Waals surface area (Å²) in [5.74, 6) is -0.112. The average molecular weight is 302 g/mol. The van der Waals surface area contributed by atoms with Crippen LogP contribution in [0.1, 0.15) is 9.67 Å². The molecule has 3 rings (SSSR count). The number of piperazine rings is 1. The van der Waals surface area contributed by atoms with Gasteiger partial charge in [0.2, 0.25) is 0 Å². The normalized spacial score (nSPS) is 15.0. The molecule has 1 aromatic carbocycles. The summed E-state index contributed by atoms with van der Waals surface area (Å²) in [4.78, 5) is 15.3. The van der Waals surface area contributed by atoms with Gasteiger partial charge < -0.3 is 21.3 Å². The summed E-state index contributed by atoms with van der Waals surface area (Å²) in [6.07, 6.45) is 0. The molecule has 6 heteroatoms. The number of nitrogens with zero attached hydrogens (tertiary/aromatic N) is 1. The number of anilines is 3. The number of benzene rings is 1. The molecule has 4 N–H and O–H groups in total. The van der Waals surface area contributed by atoms with Crippen molar-refractivity contribution in [2.45, 2.75) is 0 Å². The molecule has 21 heavy (non-hydrogen) atoms. The molecule has 110 valence electrons. The van der Waals surface area contributed by atoms with Crippen molar-refractivity contribution >= 4 is 33.6 Å². The van der Waals surface area contributed by atoms with E-state index < -0.39 is 0 Å². The Balaban J connectivity index is 1.71. The van der Waals surface area contributed by atoms with Crippen molar-refractivity contribution < 1.29 is 4.79 Å². The lowest BCUT2D eigenvalue weighted by atomic mass is 10.2. The lowest BCUT2D eigenvalue weighted by Crippen LogP contribution is -2.43. The van der Waals surface area contributed by atoms with Gasteiger partial charge in [-0.15, -0.1) is 11.3 Å². The molecular weight excluding hydrogens is 284 g/mol. The first kappa shape index (κ1) is 13.9. The van der Waals surface area contributed by atoms with Crippen molar-refractivity contribution in [3.05, 3.63) is 41.3 Å². The molecule has 0 spiro atoms. The van der Waals surface area contributed by atoms with Gasteiger partial charge in [0, 0.05) is 26.2 Å². The Labute approximate surface area is 127 Å². The fraction of sp³-hybridized carbons (Fsp3) is 0.267. The first-order valence-electron chi connectivity index (χ1n) is 6.95. The molecule has 2 heterocycles. The van der Waals surface area contributed by atoms with E-state index >= 15 is 0 Å². The zero-order valence-corrected chi connectivity index (χ0v) is 12.5. The molecule has 0 radical (unpaired) electrons.